The third-order valence-corrected chi connectivity index (χ3v) is 2.45. The van der Waals surface area contributed by atoms with Gasteiger partial charge in [-0.15, -0.1) is 5.10 Å². The Morgan fingerprint density at radius 3 is 2.89 bits per heavy atom. The highest BCUT2D eigenvalue weighted by Gasteiger charge is 2.10. The number of H-pyrrole nitrogens is 1. The zero-order valence-corrected chi connectivity index (χ0v) is 9.45. The Labute approximate surface area is 101 Å². The van der Waals surface area contributed by atoms with E-state index in [9.17, 15) is 4.79 Å². The van der Waals surface area contributed by atoms with Crippen LogP contribution in [0.2, 0.25) is 0 Å². The summed E-state index contributed by atoms with van der Waals surface area (Å²) in [4.78, 5) is 16.4. The van der Waals surface area contributed by atoms with Crippen molar-refractivity contribution < 1.29 is 5.48 Å². The Morgan fingerprint density at radius 2 is 2.17 bits per heavy atom. The topological polar surface area (TPSA) is 120 Å². The van der Waals surface area contributed by atoms with Crippen LogP contribution < -0.4 is 5.56 Å². The van der Waals surface area contributed by atoms with Gasteiger partial charge in [-0.25, -0.2) is 10.1 Å². The maximum Gasteiger partial charge on any atom is 0.269 e. The molecule has 0 radical (unpaired) electrons. The maximum absolute atomic E-state index is 12.2. The molecule has 3 rings (SSSR count). The maximum atomic E-state index is 12.2. The highest BCUT2D eigenvalue weighted by molar-refractivity contribution is 5.54. The van der Waals surface area contributed by atoms with E-state index in [1.165, 1.54) is 10.6 Å². The lowest BCUT2D eigenvalue weighted by Gasteiger charge is -2.02. The zero-order valence-electron chi connectivity index (χ0n) is 9.45. The normalized spacial score (nSPS) is 10.3. The van der Waals surface area contributed by atoms with Crippen LogP contribution in [0.5, 0.6) is 0 Å². The standard InChI is InChI=1S/C10H8N6O.H2O/c1-6-2-3-8-11-4-7(9-12-14-15-13-9)10(17)16(8)5-6;/h2-5H,1H3,(H,12,13,14,15);1H2. The molecule has 0 saturated heterocycles. The van der Waals surface area contributed by atoms with Crippen LogP contribution in [0.15, 0.2) is 29.3 Å². The Kier molecular flexibility index (Phi) is 2.86. The van der Waals surface area contributed by atoms with Gasteiger partial charge < -0.3 is 5.48 Å². The summed E-state index contributed by atoms with van der Waals surface area (Å²) in [5.41, 5.74) is 1.72. The number of tetrazole rings is 1. The molecule has 0 saturated carbocycles. The summed E-state index contributed by atoms with van der Waals surface area (Å²) in [7, 11) is 0. The van der Waals surface area contributed by atoms with E-state index in [1.54, 1.807) is 12.3 Å². The number of nitrogens with one attached hydrogen (secondary N) is 1. The highest BCUT2D eigenvalue weighted by atomic mass is 16.1. The number of fused-ring (bicyclic) bond motifs is 1. The molecule has 0 aliphatic rings. The van der Waals surface area contributed by atoms with Crippen molar-refractivity contribution in [2.24, 2.45) is 0 Å². The van der Waals surface area contributed by atoms with Crippen molar-refractivity contribution in [2.45, 2.75) is 6.92 Å². The summed E-state index contributed by atoms with van der Waals surface area (Å²) in [5, 5.41) is 13.1. The first kappa shape index (κ1) is 11.9. The Hall–Kier alpha value is -2.61. The first-order valence-electron chi connectivity index (χ1n) is 4.98. The summed E-state index contributed by atoms with van der Waals surface area (Å²) in [5.74, 6) is 0.318. The molecule has 0 spiro atoms. The second kappa shape index (κ2) is 4.34. The number of nitrogens with zero attached hydrogens (tertiary/aromatic N) is 5. The summed E-state index contributed by atoms with van der Waals surface area (Å²) >= 11 is 0. The molecule has 0 aromatic carbocycles. The summed E-state index contributed by atoms with van der Waals surface area (Å²) in [6.07, 6.45) is 3.20. The summed E-state index contributed by atoms with van der Waals surface area (Å²) < 4.78 is 1.48. The molecule has 0 aliphatic heterocycles. The molecule has 0 atom stereocenters. The molecule has 3 N–H and O–H groups in total. The second-order valence-electron chi connectivity index (χ2n) is 3.66. The monoisotopic (exact) mass is 246 g/mol. The van der Waals surface area contributed by atoms with Crippen molar-refractivity contribution in [1.82, 2.24) is 30.0 Å². The number of aromatic nitrogens is 6. The average molecular weight is 246 g/mol. The van der Waals surface area contributed by atoms with E-state index in [0.717, 1.165) is 5.56 Å². The molecule has 0 amide bonds. The molecule has 18 heavy (non-hydrogen) atoms. The van der Waals surface area contributed by atoms with Crippen LogP contribution in [-0.2, 0) is 0 Å². The van der Waals surface area contributed by atoms with Crippen molar-refractivity contribution in [3.63, 3.8) is 0 Å². The van der Waals surface area contributed by atoms with Crippen molar-refractivity contribution >= 4 is 5.65 Å². The van der Waals surface area contributed by atoms with E-state index in [1.807, 2.05) is 13.0 Å². The lowest BCUT2D eigenvalue weighted by atomic mass is 10.3. The van der Waals surface area contributed by atoms with E-state index in [4.69, 9.17) is 0 Å². The van der Waals surface area contributed by atoms with Gasteiger partial charge in [0.2, 0.25) is 0 Å². The number of pyridine rings is 1. The quantitative estimate of drug-likeness (QED) is 0.612. The fourth-order valence-corrected chi connectivity index (χ4v) is 1.62. The minimum absolute atomic E-state index is 0. The molecular formula is C10H10N6O2. The van der Waals surface area contributed by atoms with Gasteiger partial charge in [0.1, 0.15) is 11.2 Å². The van der Waals surface area contributed by atoms with Crippen molar-refractivity contribution in [2.75, 3.05) is 0 Å². The van der Waals surface area contributed by atoms with Crippen LogP contribution in [0, 0.1) is 6.92 Å². The zero-order chi connectivity index (χ0) is 11.8. The van der Waals surface area contributed by atoms with Crippen LogP contribution in [0.4, 0.5) is 0 Å². The minimum atomic E-state index is -0.197. The van der Waals surface area contributed by atoms with Crippen molar-refractivity contribution in [3.8, 4) is 11.4 Å². The van der Waals surface area contributed by atoms with E-state index in [2.05, 4.69) is 25.6 Å². The number of hydrogen-bond donors (Lipinski definition) is 1. The predicted octanol–water partition coefficient (Wildman–Crippen LogP) is -0.642. The van der Waals surface area contributed by atoms with Crippen LogP contribution in [0.3, 0.4) is 0 Å². The SMILES string of the molecule is Cc1ccc2ncc(-c3nnn[nH]3)c(=O)n2c1.O. The molecule has 92 valence electrons. The Morgan fingerprint density at radius 1 is 1.33 bits per heavy atom. The van der Waals surface area contributed by atoms with Gasteiger partial charge in [-0.1, -0.05) is 6.07 Å². The largest absolute Gasteiger partial charge is 0.412 e. The Balaban J connectivity index is 0.00000120. The average Bonchev–Trinajstić information content (AvgIpc) is 2.84. The van der Waals surface area contributed by atoms with Crippen molar-refractivity contribution in [1.29, 1.82) is 0 Å². The molecule has 0 aliphatic carbocycles. The van der Waals surface area contributed by atoms with Crippen molar-refractivity contribution in [3.05, 3.63) is 40.4 Å². The first-order valence-corrected chi connectivity index (χ1v) is 4.98. The van der Waals surface area contributed by atoms with Crippen LogP contribution >= 0.6 is 0 Å². The molecule has 8 heteroatoms. The highest BCUT2D eigenvalue weighted by Crippen LogP contribution is 2.07. The molecule has 3 aromatic rings. The molecule has 8 nitrogen and oxygen atoms in total. The van der Waals surface area contributed by atoms with Gasteiger partial charge >= 0.3 is 0 Å². The number of aryl methyl sites for hydroxylation is 1. The van der Waals surface area contributed by atoms with Gasteiger partial charge in [-0.3, -0.25) is 9.20 Å². The predicted molar refractivity (Wildman–Crippen MR) is 63.0 cm³/mol. The number of hydrogen-bond acceptors (Lipinski definition) is 5. The number of rotatable bonds is 1. The lowest BCUT2D eigenvalue weighted by molar-refractivity contribution is 0.824. The third kappa shape index (κ3) is 1.74. The van der Waals surface area contributed by atoms with E-state index >= 15 is 0 Å². The van der Waals surface area contributed by atoms with Gasteiger partial charge in [-0.05, 0) is 29.0 Å². The lowest BCUT2D eigenvalue weighted by Crippen LogP contribution is -2.17. The van der Waals surface area contributed by atoms with Gasteiger partial charge in [0, 0.05) is 12.4 Å². The summed E-state index contributed by atoms with van der Waals surface area (Å²) in [6, 6.07) is 3.69. The van der Waals surface area contributed by atoms with Crippen LogP contribution in [-0.4, -0.2) is 35.5 Å². The van der Waals surface area contributed by atoms with Crippen LogP contribution in [0.1, 0.15) is 5.56 Å². The molecule has 0 fully saturated rings. The number of aromatic amines is 1. The molecular weight excluding hydrogens is 236 g/mol. The van der Waals surface area contributed by atoms with E-state index < -0.39 is 0 Å². The fraction of sp³-hybridized carbons (Fsp3) is 0.100. The van der Waals surface area contributed by atoms with Gasteiger partial charge in [-0.2, -0.15) is 0 Å². The molecule has 0 unspecified atom stereocenters. The smallest absolute Gasteiger partial charge is 0.269 e. The van der Waals surface area contributed by atoms with E-state index in [-0.39, 0.29) is 11.0 Å². The van der Waals surface area contributed by atoms with Gasteiger partial charge in [0.15, 0.2) is 5.82 Å². The fourth-order valence-electron chi connectivity index (χ4n) is 1.62. The summed E-state index contributed by atoms with van der Waals surface area (Å²) in [6.45, 7) is 1.91. The third-order valence-electron chi connectivity index (χ3n) is 2.45. The Bertz CT molecular complexity index is 734. The molecule has 3 aromatic heterocycles. The van der Waals surface area contributed by atoms with Gasteiger partial charge in [0.05, 0.1) is 0 Å². The van der Waals surface area contributed by atoms with Gasteiger partial charge in [0.25, 0.3) is 5.56 Å². The van der Waals surface area contributed by atoms with Crippen LogP contribution in [0.25, 0.3) is 17.0 Å². The molecule has 3 heterocycles. The first-order chi connectivity index (χ1) is 8.25. The van der Waals surface area contributed by atoms with E-state index in [0.29, 0.717) is 17.0 Å². The molecule has 0 bridgehead atoms. The minimum Gasteiger partial charge on any atom is -0.412 e. The second-order valence-corrected chi connectivity index (χ2v) is 3.66.